The lowest BCUT2D eigenvalue weighted by Crippen LogP contribution is -2.58. The summed E-state index contributed by atoms with van der Waals surface area (Å²) in [6.45, 7) is 0.568. The van der Waals surface area contributed by atoms with Crippen molar-refractivity contribution in [3.63, 3.8) is 0 Å². The van der Waals surface area contributed by atoms with E-state index in [-0.39, 0.29) is 19.1 Å². The van der Waals surface area contributed by atoms with Gasteiger partial charge in [-0.05, 0) is 48.3 Å². The molecule has 1 saturated heterocycles. The van der Waals surface area contributed by atoms with E-state index in [9.17, 15) is 18.9 Å². The Morgan fingerprint density at radius 2 is 1.47 bits per heavy atom. The van der Waals surface area contributed by atoms with Gasteiger partial charge in [0, 0.05) is 51.9 Å². The molecule has 0 saturated carbocycles. The van der Waals surface area contributed by atoms with Crippen molar-refractivity contribution in [2.75, 3.05) is 46.9 Å². The van der Waals surface area contributed by atoms with Gasteiger partial charge in [-0.15, -0.1) is 0 Å². The molecule has 4 aromatic rings. The lowest BCUT2D eigenvalue weighted by Gasteiger charge is -2.50. The van der Waals surface area contributed by atoms with E-state index in [0.717, 1.165) is 16.7 Å². The fourth-order valence-electron chi connectivity index (χ4n) is 6.31. The maximum absolute atomic E-state index is 13.6. The van der Waals surface area contributed by atoms with Crippen LogP contribution in [-0.4, -0.2) is 82.9 Å². The van der Waals surface area contributed by atoms with E-state index >= 15 is 0 Å². The summed E-state index contributed by atoms with van der Waals surface area (Å²) in [6, 6.07) is 30.4. The predicted molar refractivity (Wildman–Crippen MR) is 191 cm³/mol. The van der Waals surface area contributed by atoms with Crippen LogP contribution in [0.4, 0.5) is 0 Å². The van der Waals surface area contributed by atoms with Gasteiger partial charge >= 0.3 is 12.6 Å². The van der Waals surface area contributed by atoms with Crippen LogP contribution in [0.15, 0.2) is 107 Å². The second-order valence-electron chi connectivity index (χ2n) is 12.3. The highest BCUT2D eigenvalue weighted by Gasteiger charge is 2.47. The first kappa shape index (κ1) is 36.5. The Hall–Kier alpha value is -3.83. The SMILES string of the molecule is CC(=O)N(C)CCCN(C)P(=O)(Cl)OCC1CN(C(c2ccccc2)(c2ccccc2)c2ccccc2)CC(n2cc(C)c(=O)[nH]c2=O)O1. The molecule has 2 heterocycles. The number of H-pyrrole nitrogens is 1. The van der Waals surface area contributed by atoms with E-state index in [4.69, 9.17) is 20.5 Å². The summed E-state index contributed by atoms with van der Waals surface area (Å²) in [6.07, 6.45) is 0.499. The first-order chi connectivity index (χ1) is 23.4. The number of amides is 1. The standard InChI is InChI=1S/C36H43ClN5O6P/c1-27-23-42(35(45)38-34(27)44)33-25-41(24-32(48-33)26-47-49(37,46)40(4)22-14-21-39(3)28(2)43)36(29-15-8-5-9-16-29,30-17-10-6-11-18-30)31-19-12-7-13-20-31/h5-13,15-20,23,32-33H,14,21-22,24-26H2,1-4H3,(H,38,44,45). The fourth-order valence-corrected chi connectivity index (χ4v) is 7.63. The van der Waals surface area contributed by atoms with Gasteiger partial charge in [0.25, 0.3) is 5.56 Å². The molecule has 1 amide bonds. The van der Waals surface area contributed by atoms with Gasteiger partial charge in [0.15, 0.2) is 6.23 Å². The molecule has 5 rings (SSSR count). The zero-order chi connectivity index (χ0) is 35.2. The molecule has 3 unspecified atom stereocenters. The number of aryl methyl sites for hydroxylation is 1. The lowest BCUT2D eigenvalue weighted by molar-refractivity contribution is -0.148. The van der Waals surface area contributed by atoms with E-state index in [1.807, 2.05) is 54.6 Å². The quantitative estimate of drug-likeness (QED) is 0.149. The van der Waals surface area contributed by atoms with E-state index < -0.39 is 36.0 Å². The number of morpholine rings is 1. The van der Waals surface area contributed by atoms with Crippen LogP contribution in [0.3, 0.4) is 0 Å². The number of nitrogens with zero attached hydrogens (tertiary/aromatic N) is 4. The van der Waals surface area contributed by atoms with E-state index in [1.54, 1.807) is 25.9 Å². The largest absolute Gasteiger partial charge is 0.362 e. The molecule has 0 spiro atoms. The Morgan fingerprint density at radius 1 is 0.939 bits per heavy atom. The third-order valence-electron chi connectivity index (χ3n) is 9.00. The number of aromatic amines is 1. The van der Waals surface area contributed by atoms with E-state index in [0.29, 0.717) is 31.6 Å². The van der Waals surface area contributed by atoms with Crippen LogP contribution in [-0.2, 0) is 24.2 Å². The second-order valence-corrected chi connectivity index (χ2v) is 15.5. The zero-order valence-corrected chi connectivity index (χ0v) is 29.8. The summed E-state index contributed by atoms with van der Waals surface area (Å²) in [5.74, 6) is -0.0594. The van der Waals surface area contributed by atoms with Crippen LogP contribution in [0.1, 0.15) is 41.8 Å². The van der Waals surface area contributed by atoms with Gasteiger partial charge in [0.1, 0.15) is 0 Å². The van der Waals surface area contributed by atoms with E-state index in [2.05, 4.69) is 46.3 Å². The Bertz CT molecular complexity index is 1780. The number of halogens is 1. The van der Waals surface area contributed by atoms with Gasteiger partial charge in [-0.3, -0.25) is 28.6 Å². The van der Waals surface area contributed by atoms with Crippen molar-refractivity contribution >= 4 is 24.0 Å². The monoisotopic (exact) mass is 707 g/mol. The molecular formula is C36H43ClN5O6P. The smallest absolute Gasteiger partial charge is 0.350 e. The number of hydrogen-bond donors (Lipinski definition) is 1. The number of benzene rings is 3. The Kier molecular flexibility index (Phi) is 11.8. The van der Waals surface area contributed by atoms with Crippen molar-refractivity contribution < 1.29 is 18.6 Å². The molecule has 1 N–H and O–H groups in total. The average Bonchev–Trinajstić information content (AvgIpc) is 3.10. The molecular weight excluding hydrogens is 665 g/mol. The van der Waals surface area contributed by atoms with Gasteiger partial charge in [0.2, 0.25) is 5.91 Å². The van der Waals surface area contributed by atoms with Crippen molar-refractivity contribution in [2.24, 2.45) is 0 Å². The van der Waals surface area contributed by atoms with Crippen molar-refractivity contribution in [1.29, 1.82) is 0 Å². The average molecular weight is 708 g/mol. The second kappa shape index (κ2) is 15.8. The number of hydrogen-bond acceptors (Lipinski definition) is 7. The molecule has 1 aliphatic rings. The molecule has 13 heteroatoms. The van der Waals surface area contributed by atoms with Gasteiger partial charge < -0.3 is 14.2 Å². The molecule has 1 aromatic heterocycles. The molecule has 3 aromatic carbocycles. The molecule has 1 aliphatic heterocycles. The summed E-state index contributed by atoms with van der Waals surface area (Å²) in [5.41, 5.74) is 1.42. The molecule has 3 atom stereocenters. The number of aromatic nitrogens is 2. The first-order valence-corrected chi connectivity index (χ1v) is 18.7. The van der Waals surface area contributed by atoms with Crippen LogP contribution in [0, 0.1) is 6.92 Å². The minimum Gasteiger partial charge on any atom is -0.350 e. The highest BCUT2D eigenvalue weighted by molar-refractivity contribution is 7.83. The Balaban J connectivity index is 1.55. The van der Waals surface area contributed by atoms with Gasteiger partial charge in [-0.1, -0.05) is 91.0 Å². The van der Waals surface area contributed by atoms with Gasteiger partial charge in [-0.2, -0.15) is 0 Å². The van der Waals surface area contributed by atoms with E-state index in [1.165, 1.54) is 22.4 Å². The zero-order valence-electron chi connectivity index (χ0n) is 28.2. The summed E-state index contributed by atoms with van der Waals surface area (Å²) in [5, 5.41) is 0. The van der Waals surface area contributed by atoms with Crippen LogP contribution in [0.5, 0.6) is 0 Å². The molecule has 0 bridgehead atoms. The molecule has 49 heavy (non-hydrogen) atoms. The fraction of sp³-hybridized carbons (Fsp3) is 0.361. The molecule has 1 fully saturated rings. The normalized spacial score (nSPS) is 18.2. The van der Waals surface area contributed by atoms with Crippen LogP contribution < -0.4 is 11.2 Å². The number of ether oxygens (including phenoxy) is 1. The molecule has 11 nitrogen and oxygen atoms in total. The number of nitrogens with one attached hydrogen (secondary N) is 1. The van der Waals surface area contributed by atoms with Crippen molar-refractivity contribution in [3.05, 3.63) is 140 Å². The maximum atomic E-state index is 13.6. The first-order valence-electron chi connectivity index (χ1n) is 16.2. The van der Waals surface area contributed by atoms with Crippen LogP contribution >= 0.6 is 18.1 Å². The van der Waals surface area contributed by atoms with Crippen LogP contribution in [0.25, 0.3) is 0 Å². The minimum atomic E-state index is -3.80. The summed E-state index contributed by atoms with van der Waals surface area (Å²) in [4.78, 5) is 43.4. The molecule has 0 radical (unpaired) electrons. The Labute approximate surface area is 291 Å². The minimum absolute atomic E-state index is 0.0594. The number of carbonyl (C=O) groups excluding carboxylic acids is 1. The maximum Gasteiger partial charge on any atom is 0.362 e. The topological polar surface area (TPSA) is 117 Å². The highest BCUT2D eigenvalue weighted by atomic mass is 35.7. The highest BCUT2D eigenvalue weighted by Crippen LogP contribution is 2.55. The van der Waals surface area contributed by atoms with Crippen molar-refractivity contribution in [3.8, 4) is 0 Å². The van der Waals surface area contributed by atoms with Crippen molar-refractivity contribution in [2.45, 2.75) is 38.1 Å². The lowest BCUT2D eigenvalue weighted by atomic mass is 9.75. The summed E-state index contributed by atoms with van der Waals surface area (Å²) >= 11 is 6.53. The third kappa shape index (κ3) is 8.15. The molecule has 0 aliphatic carbocycles. The third-order valence-corrected chi connectivity index (χ3v) is 11.5. The van der Waals surface area contributed by atoms with Crippen LogP contribution in [0.2, 0.25) is 0 Å². The number of carbonyl (C=O) groups is 1. The number of rotatable bonds is 13. The summed E-state index contributed by atoms with van der Waals surface area (Å²) in [7, 11) is 3.32. The van der Waals surface area contributed by atoms with Gasteiger partial charge in [-0.25, -0.2) is 9.46 Å². The Morgan fingerprint density at radius 3 is 1.98 bits per heavy atom. The summed E-state index contributed by atoms with van der Waals surface area (Å²) < 4.78 is 28.9. The van der Waals surface area contributed by atoms with Crippen molar-refractivity contribution in [1.82, 2.24) is 24.0 Å². The van der Waals surface area contributed by atoms with Gasteiger partial charge in [0.05, 0.1) is 18.2 Å². The molecule has 260 valence electrons. The predicted octanol–water partition coefficient (Wildman–Crippen LogP) is 5.20.